The summed E-state index contributed by atoms with van der Waals surface area (Å²) in [5, 5.41) is 5.10. The summed E-state index contributed by atoms with van der Waals surface area (Å²) < 4.78 is 38.1. The molecule has 3 aromatic rings. The van der Waals surface area contributed by atoms with E-state index in [1.165, 1.54) is 30.5 Å². The van der Waals surface area contributed by atoms with Crippen LogP contribution in [0.2, 0.25) is 0 Å². The van der Waals surface area contributed by atoms with E-state index in [9.17, 15) is 18.0 Å². The number of hydrogen-bond acceptors (Lipinski definition) is 6. The average Bonchev–Trinajstić information content (AvgIpc) is 3.31. The number of hydrogen-bond donors (Lipinski definition) is 3. The maximum atomic E-state index is 12.6. The molecule has 3 rings (SSSR count). The zero-order valence-electron chi connectivity index (χ0n) is 17.3. The summed E-state index contributed by atoms with van der Waals surface area (Å²) in [6.45, 7) is 2.37. The molecule has 0 aliphatic rings. The smallest absolute Gasteiger partial charge is 0.261 e. The van der Waals surface area contributed by atoms with Gasteiger partial charge in [-0.1, -0.05) is 0 Å². The Bertz CT molecular complexity index is 1140. The number of rotatable bonds is 10. The molecule has 0 bridgehead atoms. The Morgan fingerprint density at radius 2 is 1.69 bits per heavy atom. The van der Waals surface area contributed by atoms with Crippen molar-refractivity contribution in [3.05, 3.63) is 78.3 Å². The first-order valence-electron chi connectivity index (χ1n) is 9.80. The van der Waals surface area contributed by atoms with Gasteiger partial charge in [0.1, 0.15) is 11.5 Å². The third kappa shape index (κ3) is 6.35. The van der Waals surface area contributed by atoms with Crippen LogP contribution in [0.5, 0.6) is 5.75 Å². The molecule has 0 spiro atoms. The first kappa shape index (κ1) is 22.9. The predicted molar refractivity (Wildman–Crippen MR) is 118 cm³/mol. The van der Waals surface area contributed by atoms with Gasteiger partial charge in [0.15, 0.2) is 0 Å². The maximum absolute atomic E-state index is 12.6. The second-order valence-electron chi connectivity index (χ2n) is 6.63. The Hall–Kier alpha value is -3.79. The van der Waals surface area contributed by atoms with Crippen LogP contribution in [0.3, 0.4) is 0 Å². The summed E-state index contributed by atoms with van der Waals surface area (Å²) in [4.78, 5) is 24.1. The van der Waals surface area contributed by atoms with Gasteiger partial charge >= 0.3 is 0 Å². The van der Waals surface area contributed by atoms with Gasteiger partial charge < -0.3 is 19.8 Å². The van der Waals surface area contributed by atoms with Gasteiger partial charge in [-0.2, -0.15) is 0 Å². The standard InChI is InChI=1S/C22H23N3O6S/c1-2-30-18-9-7-17(8-10-18)25-32(28,29)20-11-5-16(6-12-20)22(27)24-15-21(26)23-14-19-4-3-13-31-19/h3-13,25H,2,14-15H2,1H3,(H,23,26)(H,24,27). The third-order valence-corrected chi connectivity index (χ3v) is 5.69. The highest BCUT2D eigenvalue weighted by Crippen LogP contribution is 2.20. The molecule has 32 heavy (non-hydrogen) atoms. The van der Waals surface area contributed by atoms with Gasteiger partial charge in [0, 0.05) is 11.3 Å². The molecule has 0 fully saturated rings. The molecule has 10 heteroatoms. The Morgan fingerprint density at radius 3 is 2.31 bits per heavy atom. The summed E-state index contributed by atoms with van der Waals surface area (Å²) in [5.74, 6) is 0.357. The lowest BCUT2D eigenvalue weighted by Gasteiger charge is -2.10. The maximum Gasteiger partial charge on any atom is 0.261 e. The molecule has 0 radical (unpaired) electrons. The lowest BCUT2D eigenvalue weighted by Crippen LogP contribution is -2.36. The molecular formula is C22H23N3O6S. The Labute approximate surface area is 185 Å². The minimum Gasteiger partial charge on any atom is -0.494 e. The molecule has 0 atom stereocenters. The summed E-state index contributed by atoms with van der Waals surface area (Å²) in [7, 11) is -3.83. The van der Waals surface area contributed by atoms with Crippen LogP contribution in [0, 0.1) is 0 Å². The number of furan rings is 1. The van der Waals surface area contributed by atoms with Gasteiger partial charge in [-0.15, -0.1) is 0 Å². The van der Waals surface area contributed by atoms with Crippen LogP contribution in [0.25, 0.3) is 0 Å². The van der Waals surface area contributed by atoms with E-state index in [1.54, 1.807) is 36.4 Å². The van der Waals surface area contributed by atoms with Crippen LogP contribution >= 0.6 is 0 Å². The highest BCUT2D eigenvalue weighted by molar-refractivity contribution is 7.92. The number of anilines is 1. The van der Waals surface area contributed by atoms with Crippen LogP contribution in [-0.2, 0) is 21.4 Å². The molecule has 168 valence electrons. The predicted octanol–water partition coefficient (Wildman–Crippen LogP) is 2.53. The normalized spacial score (nSPS) is 10.9. The number of nitrogens with one attached hydrogen (secondary N) is 3. The third-order valence-electron chi connectivity index (χ3n) is 4.29. The molecule has 0 saturated heterocycles. The van der Waals surface area contributed by atoms with Gasteiger partial charge in [-0.25, -0.2) is 8.42 Å². The number of carbonyl (C=O) groups excluding carboxylic acids is 2. The van der Waals surface area contributed by atoms with Crippen molar-refractivity contribution < 1.29 is 27.2 Å². The topological polar surface area (TPSA) is 127 Å². The van der Waals surface area contributed by atoms with Gasteiger partial charge in [0.05, 0.1) is 30.9 Å². The average molecular weight is 458 g/mol. The van der Waals surface area contributed by atoms with E-state index in [-0.39, 0.29) is 29.5 Å². The summed E-state index contributed by atoms with van der Waals surface area (Å²) in [6.07, 6.45) is 1.50. The van der Waals surface area contributed by atoms with Crippen LogP contribution in [0.15, 0.2) is 76.2 Å². The highest BCUT2D eigenvalue weighted by atomic mass is 32.2. The number of benzene rings is 2. The van der Waals surface area contributed by atoms with Crippen molar-refractivity contribution in [1.29, 1.82) is 0 Å². The fourth-order valence-electron chi connectivity index (χ4n) is 2.71. The van der Waals surface area contributed by atoms with E-state index in [4.69, 9.17) is 9.15 Å². The first-order valence-corrected chi connectivity index (χ1v) is 11.3. The Kier molecular flexibility index (Phi) is 7.50. The fraction of sp³-hybridized carbons (Fsp3) is 0.182. The molecule has 1 aromatic heterocycles. The minimum atomic E-state index is -3.83. The number of ether oxygens (including phenoxy) is 1. The molecule has 0 unspecified atom stereocenters. The second-order valence-corrected chi connectivity index (χ2v) is 8.31. The Morgan fingerprint density at radius 1 is 0.969 bits per heavy atom. The SMILES string of the molecule is CCOc1ccc(NS(=O)(=O)c2ccc(C(=O)NCC(=O)NCc3ccco3)cc2)cc1. The van der Waals surface area contributed by atoms with Crippen LogP contribution < -0.4 is 20.1 Å². The lowest BCUT2D eigenvalue weighted by atomic mass is 10.2. The van der Waals surface area contributed by atoms with E-state index >= 15 is 0 Å². The summed E-state index contributed by atoms with van der Waals surface area (Å²) in [5.41, 5.74) is 0.611. The van der Waals surface area contributed by atoms with Crippen molar-refractivity contribution in [1.82, 2.24) is 10.6 Å². The molecule has 9 nitrogen and oxygen atoms in total. The van der Waals surface area contributed by atoms with Crippen LogP contribution in [-0.4, -0.2) is 33.4 Å². The Balaban J connectivity index is 1.53. The van der Waals surface area contributed by atoms with Gasteiger partial charge in [-0.05, 0) is 67.6 Å². The molecular weight excluding hydrogens is 434 g/mol. The van der Waals surface area contributed by atoms with Crippen molar-refractivity contribution in [2.24, 2.45) is 0 Å². The lowest BCUT2D eigenvalue weighted by molar-refractivity contribution is -0.120. The number of carbonyl (C=O) groups is 2. The van der Waals surface area contributed by atoms with E-state index in [0.717, 1.165) is 0 Å². The molecule has 0 aliphatic carbocycles. The van der Waals surface area contributed by atoms with Crippen molar-refractivity contribution in [3.63, 3.8) is 0 Å². The highest BCUT2D eigenvalue weighted by Gasteiger charge is 2.16. The fourth-order valence-corrected chi connectivity index (χ4v) is 3.77. The molecule has 2 amide bonds. The second kappa shape index (κ2) is 10.5. The zero-order chi connectivity index (χ0) is 23.0. The molecule has 2 aromatic carbocycles. The van der Waals surface area contributed by atoms with Crippen LogP contribution in [0.4, 0.5) is 5.69 Å². The number of amides is 2. The molecule has 1 heterocycles. The van der Waals surface area contributed by atoms with Crippen molar-refractivity contribution in [3.8, 4) is 5.75 Å². The molecule has 3 N–H and O–H groups in total. The van der Waals surface area contributed by atoms with E-state index in [2.05, 4.69) is 15.4 Å². The number of sulfonamides is 1. The summed E-state index contributed by atoms with van der Waals surface area (Å²) >= 11 is 0. The minimum absolute atomic E-state index is 0.000810. The summed E-state index contributed by atoms with van der Waals surface area (Å²) in [6, 6.07) is 15.4. The quantitative estimate of drug-likeness (QED) is 0.429. The molecule has 0 saturated carbocycles. The monoisotopic (exact) mass is 457 g/mol. The van der Waals surface area contributed by atoms with Crippen molar-refractivity contribution in [2.45, 2.75) is 18.4 Å². The van der Waals surface area contributed by atoms with Crippen molar-refractivity contribution in [2.75, 3.05) is 17.9 Å². The molecule has 0 aliphatic heterocycles. The van der Waals surface area contributed by atoms with E-state index in [0.29, 0.717) is 23.8 Å². The van der Waals surface area contributed by atoms with Gasteiger partial charge in [0.2, 0.25) is 5.91 Å². The first-order chi connectivity index (χ1) is 15.4. The van der Waals surface area contributed by atoms with E-state index < -0.39 is 15.9 Å². The largest absolute Gasteiger partial charge is 0.494 e. The van der Waals surface area contributed by atoms with Crippen molar-refractivity contribution >= 4 is 27.5 Å². The van der Waals surface area contributed by atoms with Gasteiger partial charge in [-0.3, -0.25) is 14.3 Å². The van der Waals surface area contributed by atoms with Gasteiger partial charge in [0.25, 0.3) is 15.9 Å². The van der Waals surface area contributed by atoms with Crippen LogP contribution in [0.1, 0.15) is 23.0 Å². The zero-order valence-corrected chi connectivity index (χ0v) is 18.1. The van der Waals surface area contributed by atoms with E-state index in [1.807, 2.05) is 6.92 Å².